The van der Waals surface area contributed by atoms with E-state index in [-0.39, 0.29) is 5.91 Å². The highest BCUT2D eigenvalue weighted by molar-refractivity contribution is 6.08. The number of fused-ring (bicyclic) bond motifs is 1. The molecule has 3 rings (SSSR count). The zero-order valence-corrected chi connectivity index (χ0v) is 15.5. The van der Waals surface area contributed by atoms with Crippen molar-refractivity contribution in [3.63, 3.8) is 0 Å². The first-order valence-electron chi connectivity index (χ1n) is 9.11. The molecular formula is C22H26N2O. The number of amides is 1. The van der Waals surface area contributed by atoms with Crippen molar-refractivity contribution in [1.82, 2.24) is 4.57 Å². The number of nitrogens with one attached hydrogen (secondary N) is 1. The molecule has 0 spiro atoms. The van der Waals surface area contributed by atoms with E-state index < -0.39 is 0 Å². The fourth-order valence-corrected chi connectivity index (χ4v) is 3.54. The molecule has 0 fully saturated rings. The van der Waals surface area contributed by atoms with Gasteiger partial charge in [0.05, 0.1) is 0 Å². The van der Waals surface area contributed by atoms with Crippen molar-refractivity contribution in [3.8, 4) is 0 Å². The molecular weight excluding hydrogens is 308 g/mol. The molecule has 3 aromatic rings. The fraction of sp³-hybridized carbons (Fsp3) is 0.318. The Morgan fingerprint density at radius 2 is 1.80 bits per heavy atom. The lowest BCUT2D eigenvalue weighted by Crippen LogP contribution is -2.18. The predicted octanol–water partition coefficient (Wildman–Crippen LogP) is 5.35. The summed E-state index contributed by atoms with van der Waals surface area (Å²) in [6.07, 6.45) is 1.89. The van der Waals surface area contributed by atoms with Gasteiger partial charge in [-0.2, -0.15) is 0 Å². The van der Waals surface area contributed by atoms with Crippen LogP contribution in [0.5, 0.6) is 0 Å². The third kappa shape index (κ3) is 3.07. The average molecular weight is 334 g/mol. The third-order valence-electron chi connectivity index (χ3n) is 4.97. The third-order valence-corrected chi connectivity index (χ3v) is 4.97. The quantitative estimate of drug-likeness (QED) is 0.671. The molecule has 0 saturated heterocycles. The van der Waals surface area contributed by atoms with Crippen LogP contribution in [0.15, 0.2) is 42.5 Å². The van der Waals surface area contributed by atoms with Gasteiger partial charge in [-0.25, -0.2) is 0 Å². The number of anilines is 1. The van der Waals surface area contributed by atoms with Crippen molar-refractivity contribution in [3.05, 3.63) is 64.8 Å². The maximum Gasteiger partial charge on any atom is 0.272 e. The molecule has 0 aliphatic rings. The number of carbonyl (C=O) groups is 1. The molecule has 1 amide bonds. The van der Waals surface area contributed by atoms with Gasteiger partial charge < -0.3 is 9.88 Å². The summed E-state index contributed by atoms with van der Waals surface area (Å²) in [6.45, 7) is 9.17. The van der Waals surface area contributed by atoms with Crippen molar-refractivity contribution in [2.24, 2.45) is 0 Å². The van der Waals surface area contributed by atoms with Crippen LogP contribution in [0.1, 0.15) is 48.0 Å². The van der Waals surface area contributed by atoms with Crippen LogP contribution < -0.4 is 5.32 Å². The van der Waals surface area contributed by atoms with Crippen LogP contribution in [-0.2, 0) is 19.4 Å². The molecule has 1 aromatic heterocycles. The summed E-state index contributed by atoms with van der Waals surface area (Å²) >= 11 is 0. The Hall–Kier alpha value is -2.55. The summed E-state index contributed by atoms with van der Waals surface area (Å²) < 4.78 is 2.12. The molecule has 2 aromatic carbocycles. The zero-order valence-electron chi connectivity index (χ0n) is 15.5. The van der Waals surface area contributed by atoms with Crippen molar-refractivity contribution in [1.29, 1.82) is 0 Å². The lowest BCUT2D eigenvalue weighted by Gasteiger charge is -2.12. The number of para-hydroxylation sites is 1. The van der Waals surface area contributed by atoms with E-state index in [1.807, 2.05) is 18.2 Å². The van der Waals surface area contributed by atoms with Crippen LogP contribution >= 0.6 is 0 Å². The molecule has 0 bridgehead atoms. The number of aromatic nitrogens is 1. The highest BCUT2D eigenvalue weighted by atomic mass is 16.2. The molecule has 1 N–H and O–H groups in total. The van der Waals surface area contributed by atoms with Gasteiger partial charge >= 0.3 is 0 Å². The molecule has 130 valence electrons. The minimum absolute atomic E-state index is 0.0329. The van der Waals surface area contributed by atoms with E-state index in [0.717, 1.165) is 47.4 Å². The second-order valence-corrected chi connectivity index (χ2v) is 6.39. The summed E-state index contributed by atoms with van der Waals surface area (Å²) in [7, 11) is 0. The van der Waals surface area contributed by atoms with E-state index in [1.165, 1.54) is 10.9 Å². The second kappa shape index (κ2) is 7.14. The number of aryl methyl sites for hydroxylation is 4. The Bertz CT molecular complexity index is 921. The van der Waals surface area contributed by atoms with Crippen LogP contribution in [0.4, 0.5) is 5.69 Å². The van der Waals surface area contributed by atoms with Crippen molar-refractivity contribution >= 4 is 22.5 Å². The largest absolute Gasteiger partial charge is 0.337 e. The lowest BCUT2D eigenvalue weighted by molar-refractivity contribution is 0.101. The maximum atomic E-state index is 13.1. The van der Waals surface area contributed by atoms with Gasteiger partial charge in [-0.15, -0.1) is 0 Å². The molecule has 3 heteroatoms. The van der Waals surface area contributed by atoms with Gasteiger partial charge in [0.15, 0.2) is 0 Å². The standard InChI is InChI=1S/C22H26N2O/c1-5-16-12-13-20-18(14-16)15(4)21(24(20)7-3)22(25)23-19-11-9-8-10-17(19)6-2/h8-14H,5-7H2,1-4H3,(H,23,25). The minimum Gasteiger partial charge on any atom is -0.337 e. The Morgan fingerprint density at radius 1 is 1.04 bits per heavy atom. The van der Waals surface area contributed by atoms with Crippen LogP contribution in [0.3, 0.4) is 0 Å². The van der Waals surface area contributed by atoms with Crippen LogP contribution in [0, 0.1) is 6.92 Å². The Kier molecular flexibility index (Phi) is 4.93. The fourth-order valence-electron chi connectivity index (χ4n) is 3.54. The normalized spacial score (nSPS) is 11.0. The van der Waals surface area contributed by atoms with Crippen LogP contribution in [0.25, 0.3) is 10.9 Å². The molecule has 0 aliphatic heterocycles. The van der Waals surface area contributed by atoms with E-state index in [4.69, 9.17) is 0 Å². The topological polar surface area (TPSA) is 34.0 Å². The maximum absolute atomic E-state index is 13.1. The highest BCUT2D eigenvalue weighted by Gasteiger charge is 2.20. The molecule has 3 nitrogen and oxygen atoms in total. The van der Waals surface area contributed by atoms with Gasteiger partial charge in [0.1, 0.15) is 5.69 Å². The zero-order chi connectivity index (χ0) is 18.0. The molecule has 0 aliphatic carbocycles. The first-order valence-corrected chi connectivity index (χ1v) is 9.11. The summed E-state index contributed by atoms with van der Waals surface area (Å²) in [5.41, 5.74) is 6.30. The van der Waals surface area contributed by atoms with Gasteiger partial charge in [0.25, 0.3) is 5.91 Å². The Labute approximate surface area is 149 Å². The van der Waals surface area contributed by atoms with Crippen LogP contribution in [0.2, 0.25) is 0 Å². The summed E-state index contributed by atoms with van der Waals surface area (Å²) in [4.78, 5) is 13.1. The molecule has 0 unspecified atom stereocenters. The molecule has 0 saturated carbocycles. The Morgan fingerprint density at radius 3 is 2.48 bits per heavy atom. The smallest absolute Gasteiger partial charge is 0.272 e. The summed E-state index contributed by atoms with van der Waals surface area (Å²) in [5.74, 6) is -0.0329. The van der Waals surface area contributed by atoms with Gasteiger partial charge in [-0.3, -0.25) is 4.79 Å². The van der Waals surface area contributed by atoms with Gasteiger partial charge in [0, 0.05) is 23.1 Å². The van der Waals surface area contributed by atoms with E-state index >= 15 is 0 Å². The SMILES string of the molecule is CCc1ccc2c(c1)c(C)c(C(=O)Nc1ccccc1CC)n2CC. The number of nitrogens with zero attached hydrogens (tertiary/aromatic N) is 1. The minimum atomic E-state index is -0.0329. The first kappa shape index (κ1) is 17.3. The van der Waals surface area contributed by atoms with Crippen molar-refractivity contribution in [2.75, 3.05) is 5.32 Å². The van der Waals surface area contributed by atoms with E-state index in [1.54, 1.807) is 0 Å². The lowest BCUT2D eigenvalue weighted by atomic mass is 10.1. The first-order chi connectivity index (χ1) is 12.1. The molecule has 0 atom stereocenters. The second-order valence-electron chi connectivity index (χ2n) is 6.39. The summed E-state index contributed by atoms with van der Waals surface area (Å²) in [5, 5.41) is 4.30. The molecule has 25 heavy (non-hydrogen) atoms. The number of hydrogen-bond donors (Lipinski definition) is 1. The predicted molar refractivity (Wildman–Crippen MR) is 106 cm³/mol. The highest BCUT2D eigenvalue weighted by Crippen LogP contribution is 2.28. The van der Waals surface area contributed by atoms with Crippen molar-refractivity contribution < 1.29 is 4.79 Å². The van der Waals surface area contributed by atoms with Gasteiger partial charge in [-0.1, -0.05) is 38.1 Å². The monoisotopic (exact) mass is 334 g/mol. The molecule has 1 heterocycles. The number of benzene rings is 2. The van der Waals surface area contributed by atoms with Crippen LogP contribution in [-0.4, -0.2) is 10.5 Å². The summed E-state index contributed by atoms with van der Waals surface area (Å²) in [6, 6.07) is 14.5. The van der Waals surface area contributed by atoms with E-state index in [2.05, 4.69) is 61.8 Å². The number of hydrogen-bond acceptors (Lipinski definition) is 1. The average Bonchev–Trinajstić information content (AvgIpc) is 2.93. The van der Waals surface area contributed by atoms with E-state index in [9.17, 15) is 4.79 Å². The number of carbonyl (C=O) groups excluding carboxylic acids is 1. The Balaban J connectivity index is 2.08. The van der Waals surface area contributed by atoms with Gasteiger partial charge in [-0.05, 0) is 61.6 Å². The van der Waals surface area contributed by atoms with Crippen molar-refractivity contribution in [2.45, 2.75) is 47.1 Å². The van der Waals surface area contributed by atoms with E-state index in [0.29, 0.717) is 0 Å². The van der Waals surface area contributed by atoms with Gasteiger partial charge in [0.2, 0.25) is 0 Å². The number of rotatable bonds is 5. The molecule has 0 radical (unpaired) electrons.